The number of fused-ring (bicyclic) bond motifs is 1. The molecule has 1 aromatic rings. The summed E-state index contributed by atoms with van der Waals surface area (Å²) in [5.74, 6) is -1.65. The fraction of sp³-hybridized carbons (Fsp3) is 0. The molecule has 0 saturated carbocycles. The minimum atomic E-state index is -3.91. The van der Waals surface area contributed by atoms with Crippen LogP contribution in [-0.4, -0.2) is 20.4 Å². The first kappa shape index (κ1) is 10.1. The van der Waals surface area contributed by atoms with Crippen molar-refractivity contribution in [3.05, 3.63) is 29.3 Å². The van der Waals surface area contributed by atoms with E-state index in [0.29, 0.717) is 0 Å². The fourth-order valence-electron chi connectivity index (χ4n) is 1.22. The minimum Gasteiger partial charge on any atom is -0.386 e. The van der Waals surface area contributed by atoms with E-state index in [-0.39, 0.29) is 16.0 Å². The zero-order valence-electron chi connectivity index (χ0n) is 7.06. The second-order valence-electron chi connectivity index (χ2n) is 2.82. The molecule has 0 spiro atoms. The number of carbonyl (C=O) groups excluding carboxylic acids is 2. The number of hydrogen-bond acceptors (Lipinski definition) is 5. The van der Waals surface area contributed by atoms with Crippen molar-refractivity contribution < 1.29 is 22.7 Å². The first-order valence-corrected chi connectivity index (χ1v) is 6.06. The average molecular weight is 247 g/mol. The van der Waals surface area contributed by atoms with E-state index < -0.39 is 21.0 Å². The van der Waals surface area contributed by atoms with Crippen LogP contribution in [0.4, 0.5) is 0 Å². The molecular weight excluding hydrogens is 244 g/mol. The number of cyclic esters (lactones) is 2. The first-order valence-electron chi connectivity index (χ1n) is 3.75. The van der Waals surface area contributed by atoms with Crippen LogP contribution in [0.25, 0.3) is 0 Å². The molecular formula is C8H3ClO5S. The summed E-state index contributed by atoms with van der Waals surface area (Å²) in [7, 11) is 1.17. The number of rotatable bonds is 1. The summed E-state index contributed by atoms with van der Waals surface area (Å²) < 4.78 is 26.2. The van der Waals surface area contributed by atoms with Crippen LogP contribution in [0.5, 0.6) is 0 Å². The molecule has 5 nitrogen and oxygen atoms in total. The van der Waals surface area contributed by atoms with Crippen molar-refractivity contribution in [1.82, 2.24) is 0 Å². The number of halogens is 1. The number of ether oxygens (including phenoxy) is 1. The van der Waals surface area contributed by atoms with Crippen LogP contribution in [0, 0.1) is 0 Å². The van der Waals surface area contributed by atoms with Crippen LogP contribution in [0.2, 0.25) is 0 Å². The molecule has 0 aromatic heterocycles. The van der Waals surface area contributed by atoms with Crippen molar-refractivity contribution in [1.29, 1.82) is 0 Å². The summed E-state index contributed by atoms with van der Waals surface area (Å²) in [4.78, 5) is 21.8. The largest absolute Gasteiger partial charge is 0.386 e. The first-order chi connectivity index (χ1) is 6.89. The molecule has 0 radical (unpaired) electrons. The summed E-state index contributed by atoms with van der Waals surface area (Å²) in [6.07, 6.45) is 0. The lowest BCUT2D eigenvalue weighted by atomic mass is 10.1. The van der Waals surface area contributed by atoms with Gasteiger partial charge in [0.1, 0.15) is 0 Å². The normalized spacial score (nSPS) is 15.0. The van der Waals surface area contributed by atoms with Gasteiger partial charge in [-0.1, -0.05) is 0 Å². The van der Waals surface area contributed by atoms with Gasteiger partial charge in [0, 0.05) is 10.7 Å². The standard InChI is InChI=1S/C8H3ClO5S/c9-15(12,13)4-1-2-5-6(3-4)8(11)14-7(5)10/h1-3H. The van der Waals surface area contributed by atoms with Crippen LogP contribution < -0.4 is 0 Å². The summed E-state index contributed by atoms with van der Waals surface area (Å²) in [6.45, 7) is 0. The van der Waals surface area contributed by atoms with Crippen LogP contribution in [-0.2, 0) is 13.8 Å². The van der Waals surface area contributed by atoms with E-state index in [1.807, 2.05) is 0 Å². The van der Waals surface area contributed by atoms with Crippen molar-refractivity contribution in [2.24, 2.45) is 0 Å². The molecule has 15 heavy (non-hydrogen) atoms. The van der Waals surface area contributed by atoms with Gasteiger partial charge < -0.3 is 4.74 Å². The lowest BCUT2D eigenvalue weighted by Crippen LogP contribution is -1.97. The molecule has 78 valence electrons. The second-order valence-corrected chi connectivity index (χ2v) is 5.39. The van der Waals surface area contributed by atoms with E-state index in [1.54, 1.807) is 0 Å². The highest BCUT2D eigenvalue weighted by atomic mass is 35.7. The zero-order valence-corrected chi connectivity index (χ0v) is 8.63. The van der Waals surface area contributed by atoms with Crippen molar-refractivity contribution in [2.75, 3.05) is 0 Å². The summed E-state index contributed by atoms with van der Waals surface area (Å²) in [5, 5.41) is 0. The Morgan fingerprint density at radius 3 is 2.27 bits per heavy atom. The Bertz CT molecular complexity index is 575. The molecule has 2 rings (SSSR count). The number of benzene rings is 1. The quantitative estimate of drug-likeness (QED) is 0.418. The molecule has 0 N–H and O–H groups in total. The molecule has 1 aliphatic rings. The van der Waals surface area contributed by atoms with Gasteiger partial charge in [-0.2, -0.15) is 0 Å². The van der Waals surface area contributed by atoms with E-state index in [1.165, 1.54) is 6.07 Å². The molecule has 1 heterocycles. The molecule has 0 saturated heterocycles. The Kier molecular flexibility index (Phi) is 2.06. The topological polar surface area (TPSA) is 77.5 Å². The van der Waals surface area contributed by atoms with Gasteiger partial charge in [0.05, 0.1) is 16.0 Å². The molecule has 7 heteroatoms. The lowest BCUT2D eigenvalue weighted by Gasteiger charge is -1.96. The second kappa shape index (κ2) is 3.04. The molecule has 0 fully saturated rings. The maximum absolute atomic E-state index is 11.1. The average Bonchev–Trinajstić information content (AvgIpc) is 2.41. The van der Waals surface area contributed by atoms with Crippen molar-refractivity contribution >= 4 is 31.7 Å². The Hall–Kier alpha value is -1.40. The molecule has 0 atom stereocenters. The van der Waals surface area contributed by atoms with Crippen molar-refractivity contribution in [3.8, 4) is 0 Å². The van der Waals surface area contributed by atoms with Gasteiger partial charge >= 0.3 is 11.9 Å². The molecule has 0 bridgehead atoms. The summed E-state index contributed by atoms with van der Waals surface area (Å²) in [6, 6.07) is 3.35. The predicted molar refractivity (Wildman–Crippen MR) is 49.2 cm³/mol. The third-order valence-corrected chi connectivity index (χ3v) is 3.25. The number of hydrogen-bond donors (Lipinski definition) is 0. The maximum atomic E-state index is 11.1. The van der Waals surface area contributed by atoms with Crippen molar-refractivity contribution in [2.45, 2.75) is 4.90 Å². The highest BCUT2D eigenvalue weighted by Crippen LogP contribution is 2.24. The van der Waals surface area contributed by atoms with E-state index in [0.717, 1.165) is 12.1 Å². The molecule has 0 amide bonds. The third kappa shape index (κ3) is 1.62. The van der Waals surface area contributed by atoms with E-state index >= 15 is 0 Å². The monoisotopic (exact) mass is 246 g/mol. The van der Waals surface area contributed by atoms with Gasteiger partial charge in [-0.3, -0.25) is 0 Å². The summed E-state index contributed by atoms with van der Waals surface area (Å²) in [5.41, 5.74) is -0.0363. The van der Waals surface area contributed by atoms with E-state index in [2.05, 4.69) is 4.74 Å². The third-order valence-electron chi connectivity index (χ3n) is 1.90. The molecule has 0 unspecified atom stereocenters. The zero-order chi connectivity index (χ0) is 11.2. The van der Waals surface area contributed by atoms with E-state index in [4.69, 9.17) is 10.7 Å². The SMILES string of the molecule is O=C1OC(=O)c2cc(S(=O)(=O)Cl)ccc21. The van der Waals surface area contributed by atoms with Gasteiger partial charge in [0.15, 0.2) is 0 Å². The number of esters is 2. The van der Waals surface area contributed by atoms with Crippen molar-refractivity contribution in [3.63, 3.8) is 0 Å². The Morgan fingerprint density at radius 1 is 1.07 bits per heavy atom. The highest BCUT2D eigenvalue weighted by molar-refractivity contribution is 8.13. The predicted octanol–water partition coefficient (Wildman–Crippen LogP) is 0.925. The van der Waals surface area contributed by atoms with Crippen LogP contribution in [0.1, 0.15) is 20.7 Å². The van der Waals surface area contributed by atoms with E-state index in [9.17, 15) is 18.0 Å². The van der Waals surface area contributed by atoms with Gasteiger partial charge in [-0.15, -0.1) is 0 Å². The Balaban J connectivity index is 2.67. The molecule has 0 aliphatic carbocycles. The van der Waals surface area contributed by atoms with Gasteiger partial charge in [-0.25, -0.2) is 18.0 Å². The van der Waals surface area contributed by atoms with Crippen LogP contribution in [0.15, 0.2) is 23.1 Å². The van der Waals surface area contributed by atoms with Gasteiger partial charge in [0.2, 0.25) is 0 Å². The minimum absolute atomic E-state index is 0.0454. The Labute approximate surface area is 89.0 Å². The molecule has 1 aliphatic heterocycles. The van der Waals surface area contributed by atoms with Gasteiger partial charge in [0.25, 0.3) is 9.05 Å². The smallest absolute Gasteiger partial charge is 0.346 e. The Morgan fingerprint density at radius 2 is 1.67 bits per heavy atom. The van der Waals surface area contributed by atoms with Gasteiger partial charge in [-0.05, 0) is 18.2 Å². The lowest BCUT2D eigenvalue weighted by molar-refractivity contribution is 0.0444. The highest BCUT2D eigenvalue weighted by Gasteiger charge is 2.30. The fourth-order valence-corrected chi connectivity index (χ4v) is 1.99. The van der Waals surface area contributed by atoms with Crippen LogP contribution >= 0.6 is 10.7 Å². The maximum Gasteiger partial charge on any atom is 0.346 e. The van der Waals surface area contributed by atoms with Crippen LogP contribution in [0.3, 0.4) is 0 Å². The molecule has 1 aromatic carbocycles. The summed E-state index contributed by atoms with van der Waals surface area (Å²) >= 11 is 0. The number of carbonyl (C=O) groups is 2.